The molecule has 0 spiro atoms. The monoisotopic (exact) mass is 392 g/mol. The Kier molecular flexibility index (Phi) is 5.12. The van der Waals surface area contributed by atoms with Gasteiger partial charge in [0.05, 0.1) is 22.4 Å². The quantitative estimate of drug-likeness (QED) is 0.714. The number of halogens is 2. The van der Waals surface area contributed by atoms with Gasteiger partial charge in [0.25, 0.3) is 6.43 Å². The molecule has 0 radical (unpaired) electrons. The SMILES string of the molecule is CC(O)c1ccc(-n2nc(C(F)F)cc2-c2ccc(S(C)(=O)=O)cc2)cc1. The maximum absolute atomic E-state index is 13.2. The number of hydrogen-bond acceptors (Lipinski definition) is 4. The lowest BCUT2D eigenvalue weighted by Crippen LogP contribution is -2.01. The van der Waals surface area contributed by atoms with Crippen molar-refractivity contribution in [3.05, 3.63) is 65.9 Å². The van der Waals surface area contributed by atoms with Crippen LogP contribution in [0.1, 0.15) is 30.7 Å². The first kappa shape index (κ1) is 19.2. The zero-order valence-corrected chi connectivity index (χ0v) is 15.5. The van der Waals surface area contributed by atoms with Gasteiger partial charge in [0.15, 0.2) is 9.84 Å². The fourth-order valence-corrected chi connectivity index (χ4v) is 3.31. The Bertz CT molecular complexity index is 1040. The van der Waals surface area contributed by atoms with Crippen molar-refractivity contribution in [3.8, 4) is 16.9 Å². The minimum Gasteiger partial charge on any atom is -0.389 e. The molecule has 0 saturated carbocycles. The molecule has 0 aliphatic heterocycles. The third kappa shape index (κ3) is 4.06. The van der Waals surface area contributed by atoms with Gasteiger partial charge in [-0.2, -0.15) is 5.10 Å². The van der Waals surface area contributed by atoms with E-state index in [1.807, 2.05) is 0 Å². The van der Waals surface area contributed by atoms with Crippen LogP contribution in [-0.4, -0.2) is 29.6 Å². The van der Waals surface area contributed by atoms with Crippen molar-refractivity contribution in [1.82, 2.24) is 9.78 Å². The molecule has 5 nitrogen and oxygen atoms in total. The van der Waals surface area contributed by atoms with Gasteiger partial charge in [-0.25, -0.2) is 21.9 Å². The Morgan fingerprint density at radius 2 is 1.63 bits per heavy atom. The van der Waals surface area contributed by atoms with Gasteiger partial charge in [-0.05, 0) is 42.8 Å². The summed E-state index contributed by atoms with van der Waals surface area (Å²) < 4.78 is 51.0. The number of aromatic nitrogens is 2. The fourth-order valence-electron chi connectivity index (χ4n) is 2.68. The van der Waals surface area contributed by atoms with Crippen LogP contribution in [0.25, 0.3) is 16.9 Å². The topological polar surface area (TPSA) is 72.2 Å². The van der Waals surface area contributed by atoms with Crippen LogP contribution >= 0.6 is 0 Å². The van der Waals surface area contributed by atoms with Crippen LogP contribution in [0.3, 0.4) is 0 Å². The highest BCUT2D eigenvalue weighted by Gasteiger charge is 2.18. The van der Waals surface area contributed by atoms with Gasteiger partial charge >= 0.3 is 0 Å². The molecular formula is C19H18F2N2O3S. The Hall–Kier alpha value is -2.58. The molecule has 142 valence electrons. The molecule has 27 heavy (non-hydrogen) atoms. The van der Waals surface area contributed by atoms with Crippen LogP contribution in [0.5, 0.6) is 0 Å². The summed E-state index contributed by atoms with van der Waals surface area (Å²) in [5.74, 6) is 0. The highest BCUT2D eigenvalue weighted by molar-refractivity contribution is 7.90. The van der Waals surface area contributed by atoms with Gasteiger partial charge in [-0.15, -0.1) is 0 Å². The largest absolute Gasteiger partial charge is 0.389 e. The lowest BCUT2D eigenvalue weighted by Gasteiger charge is -2.10. The molecule has 1 heterocycles. The third-order valence-electron chi connectivity index (χ3n) is 4.15. The normalized spacial score (nSPS) is 13.1. The Morgan fingerprint density at radius 1 is 1.04 bits per heavy atom. The molecule has 1 unspecified atom stereocenters. The molecule has 3 aromatic rings. The second kappa shape index (κ2) is 7.21. The van der Waals surface area contributed by atoms with Crippen molar-refractivity contribution >= 4 is 9.84 Å². The lowest BCUT2D eigenvalue weighted by molar-refractivity contribution is 0.145. The van der Waals surface area contributed by atoms with E-state index in [1.54, 1.807) is 43.3 Å². The number of sulfone groups is 1. The van der Waals surface area contributed by atoms with E-state index in [9.17, 15) is 22.3 Å². The Labute approximate surface area is 155 Å². The van der Waals surface area contributed by atoms with Crippen molar-refractivity contribution in [3.63, 3.8) is 0 Å². The summed E-state index contributed by atoms with van der Waals surface area (Å²) in [5, 5.41) is 13.6. The molecule has 2 aromatic carbocycles. The number of aliphatic hydroxyl groups is 1. The second-order valence-electron chi connectivity index (χ2n) is 6.23. The summed E-state index contributed by atoms with van der Waals surface area (Å²) in [6, 6.07) is 14.0. The van der Waals surface area contributed by atoms with Gasteiger partial charge in [-0.3, -0.25) is 0 Å². The van der Waals surface area contributed by atoms with Crippen LogP contribution in [0, 0.1) is 0 Å². The first-order valence-electron chi connectivity index (χ1n) is 8.14. The highest BCUT2D eigenvalue weighted by atomic mass is 32.2. The smallest absolute Gasteiger partial charge is 0.282 e. The molecule has 1 N–H and O–H groups in total. The number of aliphatic hydroxyl groups excluding tert-OH is 1. The molecule has 1 atom stereocenters. The summed E-state index contributed by atoms with van der Waals surface area (Å²) in [7, 11) is -3.35. The van der Waals surface area contributed by atoms with Crippen LogP contribution in [-0.2, 0) is 9.84 Å². The third-order valence-corrected chi connectivity index (χ3v) is 5.28. The second-order valence-corrected chi connectivity index (χ2v) is 8.25. The molecule has 0 fully saturated rings. The van der Waals surface area contributed by atoms with Crippen molar-refractivity contribution in [2.24, 2.45) is 0 Å². The molecule has 8 heteroatoms. The average Bonchev–Trinajstić information content (AvgIpc) is 3.07. The molecule has 1 aromatic heterocycles. The van der Waals surface area contributed by atoms with Crippen molar-refractivity contribution < 1.29 is 22.3 Å². The van der Waals surface area contributed by atoms with Gasteiger partial charge in [0.1, 0.15) is 5.69 Å². The first-order chi connectivity index (χ1) is 12.7. The van der Waals surface area contributed by atoms with E-state index in [0.29, 0.717) is 22.5 Å². The standard InChI is InChI=1S/C19H18F2N2O3S/c1-12(24)13-3-7-15(8-4-13)23-18(11-17(22-23)19(20)21)14-5-9-16(10-6-14)27(2,25)26/h3-12,19,24H,1-2H3. The van der Waals surface area contributed by atoms with Crippen LogP contribution in [0.2, 0.25) is 0 Å². The number of alkyl halides is 2. The van der Waals surface area contributed by atoms with Crippen molar-refractivity contribution in [1.29, 1.82) is 0 Å². The van der Waals surface area contributed by atoms with Gasteiger partial charge in [0, 0.05) is 11.8 Å². The Morgan fingerprint density at radius 3 is 2.11 bits per heavy atom. The van der Waals surface area contributed by atoms with Gasteiger partial charge in [-0.1, -0.05) is 24.3 Å². The lowest BCUT2D eigenvalue weighted by atomic mass is 10.1. The van der Waals surface area contributed by atoms with E-state index in [0.717, 1.165) is 6.26 Å². The molecule has 0 aliphatic carbocycles. The van der Waals surface area contributed by atoms with E-state index in [2.05, 4.69) is 5.10 Å². The van der Waals surface area contributed by atoms with Crippen LogP contribution in [0.15, 0.2) is 59.5 Å². The molecule has 0 saturated heterocycles. The summed E-state index contributed by atoms with van der Waals surface area (Å²) in [5.41, 5.74) is 1.83. The zero-order valence-electron chi connectivity index (χ0n) is 14.7. The number of nitrogens with zero attached hydrogens (tertiary/aromatic N) is 2. The summed E-state index contributed by atoms with van der Waals surface area (Å²) >= 11 is 0. The minimum absolute atomic E-state index is 0.146. The number of hydrogen-bond donors (Lipinski definition) is 1. The van der Waals surface area contributed by atoms with E-state index in [4.69, 9.17) is 0 Å². The van der Waals surface area contributed by atoms with Crippen molar-refractivity contribution in [2.45, 2.75) is 24.3 Å². The summed E-state index contributed by atoms with van der Waals surface area (Å²) in [4.78, 5) is 0.146. The maximum atomic E-state index is 13.2. The summed E-state index contributed by atoms with van der Waals surface area (Å²) in [6.07, 6.45) is -2.28. The molecule has 3 rings (SSSR count). The van der Waals surface area contributed by atoms with Crippen molar-refractivity contribution in [2.75, 3.05) is 6.26 Å². The fraction of sp³-hybridized carbons (Fsp3) is 0.211. The molecular weight excluding hydrogens is 374 g/mol. The Balaban J connectivity index is 2.09. The predicted octanol–water partition coefficient (Wildman–Crippen LogP) is 3.93. The highest BCUT2D eigenvalue weighted by Crippen LogP contribution is 2.29. The zero-order chi connectivity index (χ0) is 19.8. The van der Waals surface area contributed by atoms with E-state index in [1.165, 1.54) is 22.9 Å². The molecule has 0 bridgehead atoms. The maximum Gasteiger partial charge on any atom is 0.282 e. The number of benzene rings is 2. The number of rotatable bonds is 5. The van der Waals surface area contributed by atoms with Crippen LogP contribution in [0.4, 0.5) is 8.78 Å². The molecule has 0 aliphatic rings. The molecule has 0 amide bonds. The van der Waals surface area contributed by atoms with Crippen LogP contribution < -0.4 is 0 Å². The first-order valence-corrected chi connectivity index (χ1v) is 10.0. The van der Waals surface area contributed by atoms with E-state index in [-0.39, 0.29) is 10.6 Å². The van der Waals surface area contributed by atoms with Gasteiger partial charge in [0.2, 0.25) is 0 Å². The average molecular weight is 392 g/mol. The van der Waals surface area contributed by atoms with E-state index >= 15 is 0 Å². The minimum atomic E-state index is -3.35. The predicted molar refractivity (Wildman–Crippen MR) is 97.7 cm³/mol. The van der Waals surface area contributed by atoms with Gasteiger partial charge < -0.3 is 5.11 Å². The summed E-state index contributed by atoms with van der Waals surface area (Å²) in [6.45, 7) is 1.63. The van der Waals surface area contributed by atoms with E-state index < -0.39 is 22.4 Å².